The molecule has 0 aliphatic rings. The molecule has 1 aromatic rings. The normalized spacial score (nSPS) is 12.2. The highest BCUT2D eigenvalue weighted by atomic mass is 19.4. The van der Waals surface area contributed by atoms with Crippen molar-refractivity contribution >= 4 is 17.7 Å². The van der Waals surface area contributed by atoms with Gasteiger partial charge >= 0.3 is 6.18 Å². The number of carbonyl (C=O) groups is 3. The Morgan fingerprint density at radius 2 is 1.67 bits per heavy atom. The quantitative estimate of drug-likeness (QED) is 0.721. The molecule has 0 aromatic heterocycles. The van der Waals surface area contributed by atoms with E-state index in [4.69, 9.17) is 0 Å². The smallest absolute Gasteiger partial charge is 0.355 e. The van der Waals surface area contributed by atoms with Crippen LogP contribution < -0.4 is 16.0 Å². The molecule has 1 aromatic carbocycles. The van der Waals surface area contributed by atoms with Crippen LogP contribution >= 0.6 is 0 Å². The van der Waals surface area contributed by atoms with Crippen molar-refractivity contribution < 1.29 is 27.6 Å². The monoisotopic (exact) mass is 345 g/mol. The van der Waals surface area contributed by atoms with Gasteiger partial charge in [0.05, 0.1) is 12.1 Å². The summed E-state index contributed by atoms with van der Waals surface area (Å²) in [5, 5.41) is 7.18. The molecule has 3 N–H and O–H groups in total. The Morgan fingerprint density at radius 3 is 2.17 bits per heavy atom. The standard InChI is InChI=1S/C15H18F3N3O3/c1-3-19-13(23)9(2)21-12(22)8-20-14(24)10-4-6-11(7-5-10)15(16,17)18/h4-7,9H,3,8H2,1-2H3,(H,19,23)(H,20,24)(H,21,22)/t9-/m0/s1. The fraction of sp³-hybridized carbons (Fsp3) is 0.400. The highest BCUT2D eigenvalue weighted by Crippen LogP contribution is 2.28. The summed E-state index contributed by atoms with van der Waals surface area (Å²) in [7, 11) is 0. The van der Waals surface area contributed by atoms with Gasteiger partial charge in [0.2, 0.25) is 11.8 Å². The molecule has 24 heavy (non-hydrogen) atoms. The molecular formula is C15H18F3N3O3. The number of nitrogens with one attached hydrogen (secondary N) is 3. The first-order valence-electron chi connectivity index (χ1n) is 7.17. The van der Waals surface area contributed by atoms with Crippen LogP contribution in [0.25, 0.3) is 0 Å². The fourth-order valence-corrected chi connectivity index (χ4v) is 1.76. The topological polar surface area (TPSA) is 87.3 Å². The average Bonchev–Trinajstić information content (AvgIpc) is 2.52. The zero-order valence-corrected chi connectivity index (χ0v) is 13.2. The molecule has 0 radical (unpaired) electrons. The summed E-state index contributed by atoms with van der Waals surface area (Å²) in [4.78, 5) is 34.9. The van der Waals surface area contributed by atoms with Gasteiger partial charge < -0.3 is 16.0 Å². The van der Waals surface area contributed by atoms with Crippen molar-refractivity contribution in [3.8, 4) is 0 Å². The summed E-state index contributed by atoms with van der Waals surface area (Å²) in [6, 6.07) is 2.85. The number of benzene rings is 1. The first kappa shape index (κ1) is 19.5. The zero-order chi connectivity index (χ0) is 18.3. The Hall–Kier alpha value is -2.58. The van der Waals surface area contributed by atoms with Gasteiger partial charge in [-0.25, -0.2) is 0 Å². The number of alkyl halides is 3. The van der Waals surface area contributed by atoms with Gasteiger partial charge in [0.25, 0.3) is 5.91 Å². The van der Waals surface area contributed by atoms with Crippen LogP contribution in [0.5, 0.6) is 0 Å². The van der Waals surface area contributed by atoms with Gasteiger partial charge in [-0.3, -0.25) is 14.4 Å². The van der Waals surface area contributed by atoms with Crippen LogP contribution in [-0.4, -0.2) is 36.9 Å². The van der Waals surface area contributed by atoms with E-state index in [1.165, 1.54) is 6.92 Å². The molecule has 6 nitrogen and oxygen atoms in total. The van der Waals surface area contributed by atoms with Crippen LogP contribution in [0.2, 0.25) is 0 Å². The molecule has 0 unspecified atom stereocenters. The van der Waals surface area contributed by atoms with Crippen molar-refractivity contribution in [1.82, 2.24) is 16.0 Å². The van der Waals surface area contributed by atoms with Crippen molar-refractivity contribution in [3.05, 3.63) is 35.4 Å². The predicted molar refractivity (Wildman–Crippen MR) is 80.1 cm³/mol. The number of hydrogen-bond acceptors (Lipinski definition) is 3. The molecule has 0 aliphatic carbocycles. The Labute approximate surface area is 136 Å². The third kappa shape index (κ3) is 5.90. The summed E-state index contributed by atoms with van der Waals surface area (Å²) in [6.07, 6.45) is -4.48. The maximum absolute atomic E-state index is 12.4. The van der Waals surface area contributed by atoms with Crippen molar-refractivity contribution in [3.63, 3.8) is 0 Å². The number of rotatable bonds is 6. The van der Waals surface area contributed by atoms with Gasteiger partial charge in [-0.05, 0) is 38.1 Å². The predicted octanol–water partition coefficient (Wildman–Crippen LogP) is 1.08. The number of likely N-dealkylation sites (N-methyl/N-ethyl adjacent to an activating group) is 1. The first-order chi connectivity index (χ1) is 11.1. The number of amides is 3. The van der Waals surface area contributed by atoms with E-state index in [2.05, 4.69) is 16.0 Å². The molecule has 1 rings (SSSR count). The number of hydrogen-bond donors (Lipinski definition) is 3. The van der Waals surface area contributed by atoms with Crippen LogP contribution in [0.15, 0.2) is 24.3 Å². The van der Waals surface area contributed by atoms with Gasteiger partial charge in [-0.2, -0.15) is 13.2 Å². The van der Waals surface area contributed by atoms with E-state index >= 15 is 0 Å². The highest BCUT2D eigenvalue weighted by molar-refractivity contribution is 5.97. The summed E-state index contributed by atoms with van der Waals surface area (Å²) in [5.41, 5.74) is -0.875. The average molecular weight is 345 g/mol. The van der Waals surface area contributed by atoms with E-state index in [1.807, 2.05) is 0 Å². The lowest BCUT2D eigenvalue weighted by atomic mass is 10.1. The molecule has 1 atom stereocenters. The molecule has 3 amide bonds. The summed E-state index contributed by atoms with van der Waals surface area (Å²) < 4.78 is 37.3. The van der Waals surface area contributed by atoms with Crippen LogP contribution in [0.3, 0.4) is 0 Å². The number of carbonyl (C=O) groups excluding carboxylic acids is 3. The highest BCUT2D eigenvalue weighted by Gasteiger charge is 2.30. The van der Waals surface area contributed by atoms with E-state index in [9.17, 15) is 27.6 Å². The third-order valence-electron chi connectivity index (χ3n) is 3.01. The van der Waals surface area contributed by atoms with Crippen LogP contribution in [0.4, 0.5) is 13.2 Å². The Balaban J connectivity index is 2.51. The van der Waals surface area contributed by atoms with Gasteiger partial charge in [-0.1, -0.05) is 0 Å². The van der Waals surface area contributed by atoms with E-state index < -0.39 is 36.1 Å². The molecule has 0 bridgehead atoms. The molecular weight excluding hydrogens is 327 g/mol. The largest absolute Gasteiger partial charge is 0.416 e. The fourth-order valence-electron chi connectivity index (χ4n) is 1.76. The van der Waals surface area contributed by atoms with Crippen molar-refractivity contribution in [2.24, 2.45) is 0 Å². The van der Waals surface area contributed by atoms with Crippen molar-refractivity contribution in [2.45, 2.75) is 26.1 Å². The van der Waals surface area contributed by atoms with Gasteiger partial charge in [0.1, 0.15) is 6.04 Å². The van der Waals surface area contributed by atoms with Gasteiger partial charge in [-0.15, -0.1) is 0 Å². The second-order valence-electron chi connectivity index (χ2n) is 4.94. The van der Waals surface area contributed by atoms with Crippen molar-refractivity contribution in [2.75, 3.05) is 13.1 Å². The Morgan fingerprint density at radius 1 is 1.08 bits per heavy atom. The number of halogens is 3. The summed E-state index contributed by atoms with van der Waals surface area (Å²) >= 11 is 0. The van der Waals surface area contributed by atoms with Crippen LogP contribution in [0.1, 0.15) is 29.8 Å². The minimum absolute atomic E-state index is 0.00688. The molecule has 0 saturated carbocycles. The lowest BCUT2D eigenvalue weighted by molar-refractivity contribution is -0.137. The molecule has 0 heterocycles. The minimum atomic E-state index is -4.48. The van der Waals surface area contributed by atoms with Gasteiger partial charge in [0.15, 0.2) is 0 Å². The van der Waals surface area contributed by atoms with Gasteiger partial charge in [0, 0.05) is 12.1 Å². The van der Waals surface area contributed by atoms with Crippen molar-refractivity contribution in [1.29, 1.82) is 0 Å². The molecule has 132 valence electrons. The molecule has 9 heteroatoms. The third-order valence-corrected chi connectivity index (χ3v) is 3.01. The van der Waals surface area contributed by atoms with E-state index in [1.54, 1.807) is 6.92 Å². The SMILES string of the molecule is CCNC(=O)[C@H](C)NC(=O)CNC(=O)c1ccc(C(F)(F)F)cc1. The summed E-state index contributed by atoms with van der Waals surface area (Å²) in [6.45, 7) is 3.24. The first-order valence-corrected chi connectivity index (χ1v) is 7.17. The summed E-state index contributed by atoms with van der Waals surface area (Å²) in [5.74, 6) is -1.64. The maximum atomic E-state index is 12.4. The van der Waals surface area contributed by atoms with Crippen LogP contribution in [-0.2, 0) is 15.8 Å². The van der Waals surface area contributed by atoms with E-state index in [0.29, 0.717) is 6.54 Å². The molecule has 0 fully saturated rings. The maximum Gasteiger partial charge on any atom is 0.416 e. The second-order valence-corrected chi connectivity index (χ2v) is 4.94. The molecule has 0 aliphatic heterocycles. The Kier molecular flexibility index (Phi) is 6.75. The second kappa shape index (κ2) is 8.32. The lowest BCUT2D eigenvalue weighted by Gasteiger charge is -2.13. The zero-order valence-electron chi connectivity index (χ0n) is 13.2. The Bertz CT molecular complexity index is 600. The van der Waals surface area contributed by atoms with Crippen LogP contribution in [0, 0.1) is 0 Å². The molecule has 0 saturated heterocycles. The van der Waals surface area contributed by atoms with E-state index in [0.717, 1.165) is 24.3 Å². The lowest BCUT2D eigenvalue weighted by Crippen LogP contribution is -2.47. The minimum Gasteiger partial charge on any atom is -0.355 e. The van der Waals surface area contributed by atoms with E-state index in [-0.39, 0.29) is 11.5 Å². The molecule has 0 spiro atoms.